The first kappa shape index (κ1) is 20.0. The fourth-order valence-electron chi connectivity index (χ4n) is 2.58. The monoisotopic (exact) mass is 410 g/mol. The number of carbonyl (C=O) groups is 1. The summed E-state index contributed by atoms with van der Waals surface area (Å²) in [4.78, 5) is 13.2. The molecule has 28 heavy (non-hydrogen) atoms. The van der Waals surface area contributed by atoms with Gasteiger partial charge in [0.25, 0.3) is 0 Å². The molecule has 1 amide bonds. The van der Waals surface area contributed by atoms with Crippen LogP contribution in [0.15, 0.2) is 58.6 Å². The van der Waals surface area contributed by atoms with Crippen molar-refractivity contribution < 1.29 is 22.4 Å². The fraction of sp³-hybridized carbons (Fsp3) is 0.278. The number of hydrogen-bond donors (Lipinski definition) is 0. The molecule has 0 aliphatic rings. The Morgan fingerprint density at radius 3 is 2.71 bits per heavy atom. The fourth-order valence-corrected chi connectivity index (χ4v) is 3.40. The molecule has 0 aliphatic heterocycles. The summed E-state index contributed by atoms with van der Waals surface area (Å²) in [6.45, 7) is 0.317. The van der Waals surface area contributed by atoms with Crippen molar-refractivity contribution in [3.05, 3.63) is 60.3 Å². The highest BCUT2D eigenvalue weighted by Gasteiger charge is 2.33. The van der Waals surface area contributed by atoms with Crippen LogP contribution in [0.5, 0.6) is 0 Å². The SMILES string of the molecule is Cc1ccccc1-n1cnnc1SCC(=O)N(Cc1ccco1)CC(F)(F)F. The molecule has 6 nitrogen and oxygen atoms in total. The molecule has 2 heterocycles. The Morgan fingerprint density at radius 2 is 2.04 bits per heavy atom. The smallest absolute Gasteiger partial charge is 0.406 e. The zero-order valence-corrected chi connectivity index (χ0v) is 15.7. The first-order valence-electron chi connectivity index (χ1n) is 8.29. The minimum absolute atomic E-state index is 0.207. The molecule has 0 unspecified atom stereocenters. The summed E-state index contributed by atoms with van der Waals surface area (Å²) < 4.78 is 45.4. The molecule has 2 aromatic heterocycles. The number of halogens is 3. The van der Waals surface area contributed by atoms with Crippen LogP contribution in [-0.2, 0) is 11.3 Å². The highest BCUT2D eigenvalue weighted by Crippen LogP contribution is 2.24. The van der Waals surface area contributed by atoms with Crippen molar-refractivity contribution in [1.82, 2.24) is 19.7 Å². The van der Waals surface area contributed by atoms with Crippen LogP contribution in [0.4, 0.5) is 13.2 Å². The molecular formula is C18H17F3N4O2S. The van der Waals surface area contributed by atoms with Crippen molar-refractivity contribution in [1.29, 1.82) is 0 Å². The second-order valence-electron chi connectivity index (χ2n) is 6.00. The van der Waals surface area contributed by atoms with E-state index in [0.29, 0.717) is 5.16 Å². The highest BCUT2D eigenvalue weighted by molar-refractivity contribution is 7.99. The zero-order valence-electron chi connectivity index (χ0n) is 14.9. The Kier molecular flexibility index (Phi) is 6.08. The van der Waals surface area contributed by atoms with Gasteiger partial charge < -0.3 is 9.32 Å². The Bertz CT molecular complexity index is 925. The van der Waals surface area contributed by atoms with Gasteiger partial charge in [0.2, 0.25) is 5.91 Å². The van der Waals surface area contributed by atoms with Gasteiger partial charge in [-0.15, -0.1) is 10.2 Å². The molecule has 3 aromatic rings. The molecular weight excluding hydrogens is 393 g/mol. The Hall–Kier alpha value is -2.75. The van der Waals surface area contributed by atoms with Crippen LogP contribution in [0, 0.1) is 6.92 Å². The second kappa shape index (κ2) is 8.51. The van der Waals surface area contributed by atoms with Gasteiger partial charge in [-0.25, -0.2) is 0 Å². The minimum Gasteiger partial charge on any atom is -0.467 e. The van der Waals surface area contributed by atoms with Crippen molar-refractivity contribution in [3.8, 4) is 5.69 Å². The lowest BCUT2D eigenvalue weighted by atomic mass is 10.2. The number of aromatic nitrogens is 3. The van der Waals surface area contributed by atoms with Crippen LogP contribution in [0.2, 0.25) is 0 Å². The molecule has 0 spiro atoms. The summed E-state index contributed by atoms with van der Waals surface area (Å²) in [5.74, 6) is -0.592. The summed E-state index contributed by atoms with van der Waals surface area (Å²) in [6.07, 6.45) is -1.65. The van der Waals surface area contributed by atoms with Gasteiger partial charge in [-0.1, -0.05) is 30.0 Å². The van der Waals surface area contributed by atoms with Crippen molar-refractivity contribution in [2.45, 2.75) is 24.8 Å². The van der Waals surface area contributed by atoms with Gasteiger partial charge in [-0.2, -0.15) is 13.2 Å². The van der Waals surface area contributed by atoms with E-state index >= 15 is 0 Å². The summed E-state index contributed by atoms with van der Waals surface area (Å²) >= 11 is 1.03. The molecule has 1 aromatic carbocycles. The maximum absolute atomic E-state index is 12.9. The van der Waals surface area contributed by atoms with Crippen LogP contribution in [-0.4, -0.2) is 44.0 Å². The Labute approximate surface area is 163 Å². The van der Waals surface area contributed by atoms with Crippen molar-refractivity contribution in [3.63, 3.8) is 0 Å². The van der Waals surface area contributed by atoms with Gasteiger partial charge in [0.15, 0.2) is 5.16 Å². The molecule has 10 heteroatoms. The third kappa shape index (κ3) is 5.16. The van der Waals surface area contributed by atoms with Crippen molar-refractivity contribution >= 4 is 17.7 Å². The average molecular weight is 410 g/mol. The van der Waals surface area contributed by atoms with E-state index in [-0.39, 0.29) is 18.1 Å². The van der Waals surface area contributed by atoms with Gasteiger partial charge in [0, 0.05) is 0 Å². The van der Waals surface area contributed by atoms with Gasteiger partial charge in [0.05, 0.1) is 24.2 Å². The predicted octanol–water partition coefficient (Wildman–Crippen LogP) is 3.85. The summed E-state index contributed by atoms with van der Waals surface area (Å²) in [5, 5.41) is 8.26. The number of amides is 1. The Morgan fingerprint density at radius 1 is 1.25 bits per heavy atom. The first-order valence-corrected chi connectivity index (χ1v) is 9.28. The average Bonchev–Trinajstić information content (AvgIpc) is 3.30. The molecule has 0 bridgehead atoms. The number of nitrogens with zero attached hydrogens (tertiary/aromatic N) is 4. The van der Waals surface area contributed by atoms with Crippen molar-refractivity contribution in [2.75, 3.05) is 12.3 Å². The number of hydrogen-bond acceptors (Lipinski definition) is 5. The molecule has 0 radical (unpaired) electrons. The number of benzene rings is 1. The first-order chi connectivity index (χ1) is 13.3. The van der Waals surface area contributed by atoms with Gasteiger partial charge in [-0.3, -0.25) is 9.36 Å². The normalized spacial score (nSPS) is 11.6. The van der Waals surface area contributed by atoms with Crippen LogP contribution < -0.4 is 0 Å². The largest absolute Gasteiger partial charge is 0.467 e. The standard InChI is InChI=1S/C18H17F3N4O2S/c1-13-5-2-3-7-15(13)25-12-22-23-17(25)28-10-16(26)24(11-18(19,20)21)9-14-6-4-8-27-14/h2-8,12H,9-11H2,1H3. The van der Waals surface area contributed by atoms with Crippen LogP contribution in [0.25, 0.3) is 5.69 Å². The van der Waals surface area contributed by atoms with E-state index in [9.17, 15) is 18.0 Å². The highest BCUT2D eigenvalue weighted by atomic mass is 32.2. The van der Waals surface area contributed by atoms with Crippen LogP contribution >= 0.6 is 11.8 Å². The lowest BCUT2D eigenvalue weighted by Crippen LogP contribution is -2.39. The minimum atomic E-state index is -4.51. The lowest BCUT2D eigenvalue weighted by Gasteiger charge is -2.22. The van der Waals surface area contributed by atoms with E-state index in [1.165, 1.54) is 18.7 Å². The number of carbonyl (C=O) groups excluding carboxylic acids is 1. The molecule has 148 valence electrons. The van der Waals surface area contributed by atoms with Gasteiger partial charge >= 0.3 is 6.18 Å². The number of para-hydroxylation sites is 1. The van der Waals surface area contributed by atoms with Crippen LogP contribution in [0.1, 0.15) is 11.3 Å². The third-order valence-corrected chi connectivity index (χ3v) is 4.79. The molecule has 0 saturated carbocycles. The maximum atomic E-state index is 12.9. The van der Waals surface area contributed by atoms with Crippen molar-refractivity contribution in [2.24, 2.45) is 0 Å². The van der Waals surface area contributed by atoms with Gasteiger partial charge in [-0.05, 0) is 30.7 Å². The van der Waals surface area contributed by atoms with E-state index in [1.807, 2.05) is 31.2 Å². The number of rotatable bonds is 7. The molecule has 0 aliphatic carbocycles. The van der Waals surface area contributed by atoms with Crippen LogP contribution in [0.3, 0.4) is 0 Å². The number of furan rings is 1. The summed E-state index contributed by atoms with van der Waals surface area (Å²) in [6, 6.07) is 10.6. The van der Waals surface area contributed by atoms with Gasteiger partial charge in [0.1, 0.15) is 18.6 Å². The van der Waals surface area contributed by atoms with E-state index in [2.05, 4.69) is 10.2 Å². The van der Waals surface area contributed by atoms with E-state index in [0.717, 1.165) is 27.9 Å². The third-order valence-electron chi connectivity index (χ3n) is 3.87. The quantitative estimate of drug-likeness (QED) is 0.554. The number of aryl methyl sites for hydroxylation is 1. The van der Waals surface area contributed by atoms with E-state index < -0.39 is 18.6 Å². The summed E-state index contributed by atoms with van der Waals surface area (Å²) in [7, 11) is 0. The number of alkyl halides is 3. The second-order valence-corrected chi connectivity index (χ2v) is 6.95. The molecule has 0 N–H and O–H groups in total. The Balaban J connectivity index is 1.71. The van der Waals surface area contributed by atoms with E-state index in [1.54, 1.807) is 10.6 Å². The molecule has 3 rings (SSSR count). The summed E-state index contributed by atoms with van der Waals surface area (Å²) in [5.41, 5.74) is 1.82. The molecule has 0 saturated heterocycles. The van der Waals surface area contributed by atoms with E-state index in [4.69, 9.17) is 4.42 Å². The topological polar surface area (TPSA) is 64.2 Å². The maximum Gasteiger partial charge on any atom is 0.406 e. The predicted molar refractivity (Wildman–Crippen MR) is 97.0 cm³/mol. The number of thioether (sulfide) groups is 1. The molecule has 0 atom stereocenters. The molecule has 0 fully saturated rings. The zero-order chi connectivity index (χ0) is 20.1. The lowest BCUT2D eigenvalue weighted by molar-refractivity contribution is -0.161.